The average molecular weight is 722 g/mol. The summed E-state index contributed by atoms with van der Waals surface area (Å²) in [6.07, 6.45) is 6.79. The number of methoxy groups -OCH3 is 1. The van der Waals surface area contributed by atoms with Gasteiger partial charge in [0.05, 0.1) is 40.2 Å². The third-order valence-corrected chi connectivity index (χ3v) is 13.1. The summed E-state index contributed by atoms with van der Waals surface area (Å²) in [4.78, 5) is 5.47. The van der Waals surface area contributed by atoms with Crippen LogP contribution in [0.1, 0.15) is 146 Å². The van der Waals surface area contributed by atoms with E-state index in [-0.39, 0.29) is 33.2 Å². The third-order valence-electron chi connectivity index (χ3n) is 13.1. The SMILES string of the molecule is CCC12C(=COC(=CC(OC)C(C)(C)C)C(C)(C)C)C1(CC)[n+]1c3cc4c(cc3n3c(C(C)(C)C)nc5c(N)c(N)c(N)c2c5c31)C(C)(C)CC4(C)C. The van der Waals surface area contributed by atoms with Gasteiger partial charge in [0, 0.05) is 29.1 Å². The van der Waals surface area contributed by atoms with Gasteiger partial charge in [0.1, 0.15) is 11.3 Å². The number of aromatic nitrogens is 3. The van der Waals surface area contributed by atoms with Gasteiger partial charge in [-0.2, -0.15) is 4.40 Å². The summed E-state index contributed by atoms with van der Waals surface area (Å²) in [5.74, 6) is 1.82. The van der Waals surface area contributed by atoms with Crippen LogP contribution < -0.4 is 21.8 Å². The first kappa shape index (κ1) is 37.5. The molecule has 53 heavy (non-hydrogen) atoms. The van der Waals surface area contributed by atoms with Crippen LogP contribution in [0.3, 0.4) is 0 Å². The van der Waals surface area contributed by atoms with Crippen molar-refractivity contribution in [3.8, 4) is 0 Å². The van der Waals surface area contributed by atoms with Crippen molar-refractivity contribution < 1.29 is 14.0 Å². The van der Waals surface area contributed by atoms with E-state index in [4.69, 9.17) is 31.7 Å². The molecule has 8 heteroatoms. The van der Waals surface area contributed by atoms with E-state index in [0.29, 0.717) is 17.1 Å². The Morgan fingerprint density at radius 3 is 2.02 bits per heavy atom. The van der Waals surface area contributed by atoms with Crippen molar-refractivity contribution in [1.29, 1.82) is 0 Å². The molecule has 2 aliphatic carbocycles. The van der Waals surface area contributed by atoms with Crippen molar-refractivity contribution in [2.45, 2.75) is 156 Å². The van der Waals surface area contributed by atoms with E-state index in [1.54, 1.807) is 7.11 Å². The Labute approximate surface area is 317 Å². The first-order valence-corrected chi connectivity index (χ1v) is 19.7. The minimum atomic E-state index is -0.495. The van der Waals surface area contributed by atoms with Crippen molar-refractivity contribution >= 4 is 44.6 Å². The van der Waals surface area contributed by atoms with Crippen LogP contribution in [0.2, 0.25) is 0 Å². The molecule has 3 atom stereocenters. The van der Waals surface area contributed by atoms with E-state index < -0.39 is 11.0 Å². The number of imidazole rings is 1. The minimum Gasteiger partial charge on any atom is -0.469 e. The lowest BCUT2D eigenvalue weighted by Crippen LogP contribution is -2.53. The first-order valence-electron chi connectivity index (χ1n) is 19.7. The maximum absolute atomic E-state index is 7.21. The standard InChI is InChI=1S/C45H64N6O2/c1-17-44-28(22-53-30(40(6,7)8)21-29(52-16)39(3,4)5)45(44,18-2)51-27-20-25-24(42(12,13)23-43(25,14)15)19-26(27)50-37(51)31-32(44)33(46)34(47)35(48)36(31)49-38(50)41(9,10)11/h19-22,29,47H,17-18,23,46,48H2,1-16H3/p+1. The van der Waals surface area contributed by atoms with Crippen molar-refractivity contribution in [2.75, 3.05) is 24.3 Å². The van der Waals surface area contributed by atoms with Crippen molar-refractivity contribution in [2.24, 2.45) is 10.8 Å². The molecule has 286 valence electrons. The Morgan fingerprint density at radius 2 is 1.51 bits per heavy atom. The second-order valence-electron chi connectivity index (χ2n) is 20.8. The molecule has 7 rings (SSSR count). The summed E-state index contributed by atoms with van der Waals surface area (Å²) in [6, 6.07) is 4.97. The van der Waals surface area contributed by atoms with Gasteiger partial charge >= 0.3 is 0 Å². The summed E-state index contributed by atoms with van der Waals surface area (Å²) >= 11 is 0. The molecule has 2 aromatic carbocycles. The van der Waals surface area contributed by atoms with Gasteiger partial charge in [-0.1, -0.05) is 104 Å². The summed E-state index contributed by atoms with van der Waals surface area (Å²) in [6.45, 7) is 34.0. The van der Waals surface area contributed by atoms with Crippen LogP contribution in [-0.4, -0.2) is 22.6 Å². The lowest BCUT2D eigenvalue weighted by atomic mass is 9.80. The Morgan fingerprint density at radius 1 is 0.906 bits per heavy atom. The van der Waals surface area contributed by atoms with Gasteiger partial charge < -0.3 is 26.7 Å². The van der Waals surface area contributed by atoms with Crippen molar-refractivity contribution in [1.82, 2.24) is 9.38 Å². The first-order chi connectivity index (χ1) is 24.3. The molecule has 1 aliphatic heterocycles. The molecule has 1 fully saturated rings. The molecular weight excluding hydrogens is 657 g/mol. The van der Waals surface area contributed by atoms with Crippen molar-refractivity contribution in [3.05, 3.63) is 58.3 Å². The van der Waals surface area contributed by atoms with Crippen LogP contribution in [0.4, 0.5) is 17.1 Å². The topological polar surface area (TPSA) is 118 Å². The molecule has 0 saturated heterocycles. The number of allylic oxidation sites excluding steroid dienone is 2. The van der Waals surface area contributed by atoms with E-state index in [0.717, 1.165) is 53.0 Å². The van der Waals surface area contributed by atoms with Gasteiger partial charge in [0.25, 0.3) is 5.65 Å². The van der Waals surface area contributed by atoms with Crippen molar-refractivity contribution in [3.63, 3.8) is 0 Å². The highest BCUT2D eigenvalue weighted by molar-refractivity contribution is 6.12. The van der Waals surface area contributed by atoms with Gasteiger partial charge in [0.15, 0.2) is 16.6 Å². The number of anilines is 3. The number of hydrogen-bond donors (Lipinski definition) is 3. The van der Waals surface area contributed by atoms with Gasteiger partial charge in [-0.15, -0.1) is 0 Å². The molecule has 0 spiro atoms. The van der Waals surface area contributed by atoms with Crippen LogP contribution in [0.25, 0.3) is 27.6 Å². The van der Waals surface area contributed by atoms with Crippen LogP contribution in [0.5, 0.6) is 0 Å². The summed E-state index contributed by atoms with van der Waals surface area (Å²) < 4.78 is 18.1. The van der Waals surface area contributed by atoms with Gasteiger partial charge in [-0.3, -0.25) is 0 Å². The zero-order chi connectivity index (χ0) is 39.4. The van der Waals surface area contributed by atoms with Crippen LogP contribution in [0, 0.1) is 10.8 Å². The minimum absolute atomic E-state index is 0.0225. The molecule has 3 aliphatic rings. The highest BCUT2D eigenvalue weighted by Gasteiger charge is 2.80. The number of benzene rings is 2. The fraction of sp³-hybridized carbons (Fsp3) is 0.600. The van der Waals surface area contributed by atoms with E-state index in [1.807, 2.05) is 6.26 Å². The quantitative estimate of drug-likeness (QED) is 0.104. The Kier molecular flexibility index (Phi) is 7.73. The number of ether oxygens (including phenoxy) is 2. The van der Waals surface area contributed by atoms with E-state index in [1.165, 1.54) is 27.7 Å². The average Bonchev–Trinajstić information content (AvgIpc) is 3.39. The van der Waals surface area contributed by atoms with Crippen LogP contribution in [-0.2, 0) is 36.7 Å². The zero-order valence-electron chi connectivity index (χ0n) is 35.4. The van der Waals surface area contributed by atoms with E-state index >= 15 is 0 Å². The molecule has 3 unspecified atom stereocenters. The second kappa shape index (κ2) is 10.9. The van der Waals surface area contributed by atoms with Gasteiger partial charge in [0.2, 0.25) is 5.82 Å². The number of nitrogens with zero attached hydrogens (tertiary/aromatic N) is 3. The third kappa shape index (κ3) is 4.69. The molecule has 0 bridgehead atoms. The molecule has 1 saturated carbocycles. The Hall–Kier alpha value is -3.78. The molecule has 6 N–H and O–H groups in total. The second-order valence-corrected chi connectivity index (χ2v) is 20.8. The molecular formula is C45H65N6O2+. The fourth-order valence-corrected chi connectivity index (χ4v) is 10.8. The van der Waals surface area contributed by atoms with E-state index in [2.05, 4.69) is 131 Å². The number of nitrogen functional groups attached to an aromatic ring is 3. The lowest BCUT2D eigenvalue weighted by molar-refractivity contribution is -0.693. The normalized spacial score (nSPS) is 24.8. The Balaban J connectivity index is 1.67. The smallest absolute Gasteiger partial charge is 0.299 e. The number of fused-ring (bicyclic) bond motifs is 7. The molecule has 2 aromatic heterocycles. The molecule has 8 nitrogen and oxygen atoms in total. The number of nitrogens with two attached hydrogens (primary N) is 3. The maximum atomic E-state index is 7.21. The lowest BCUT2D eigenvalue weighted by Gasteiger charge is -2.30. The van der Waals surface area contributed by atoms with Crippen LogP contribution in [0.15, 0.2) is 35.8 Å². The highest BCUT2D eigenvalue weighted by Crippen LogP contribution is 2.73. The largest absolute Gasteiger partial charge is 0.469 e. The summed E-state index contributed by atoms with van der Waals surface area (Å²) in [5.41, 5.74) is 30.1. The Bertz CT molecular complexity index is 2300. The highest BCUT2D eigenvalue weighted by atomic mass is 16.5. The molecule has 0 radical (unpaired) electrons. The number of rotatable bonds is 6. The van der Waals surface area contributed by atoms with Crippen LogP contribution >= 0.6 is 0 Å². The molecule has 0 amide bonds. The zero-order valence-corrected chi connectivity index (χ0v) is 35.4. The predicted octanol–water partition coefficient (Wildman–Crippen LogP) is 9.60. The fourth-order valence-electron chi connectivity index (χ4n) is 10.8. The predicted molar refractivity (Wildman–Crippen MR) is 220 cm³/mol. The molecule has 4 aromatic rings. The van der Waals surface area contributed by atoms with Gasteiger partial charge in [-0.25, -0.2) is 9.55 Å². The number of hydrogen-bond acceptors (Lipinski definition) is 6. The summed E-state index contributed by atoms with van der Waals surface area (Å²) in [5, 5.41) is 0.991. The summed E-state index contributed by atoms with van der Waals surface area (Å²) in [7, 11) is 1.77. The monoisotopic (exact) mass is 722 g/mol. The van der Waals surface area contributed by atoms with Gasteiger partial charge in [-0.05, 0) is 64.8 Å². The molecule has 3 heterocycles. The maximum Gasteiger partial charge on any atom is 0.299 e. The van der Waals surface area contributed by atoms with E-state index in [9.17, 15) is 0 Å².